The molecule has 1 nitrogen and oxygen atoms in total. The van der Waals surface area contributed by atoms with Crippen LogP contribution in [0.5, 0.6) is 0 Å². The molecule has 1 N–H and O–H groups in total. The summed E-state index contributed by atoms with van der Waals surface area (Å²) in [4.78, 5) is 0. The van der Waals surface area contributed by atoms with Crippen LogP contribution in [0, 0.1) is 0 Å². The monoisotopic (exact) mass is 157 g/mol. The Hall–Kier alpha value is 0.0500. The standard InChI is InChI=1S/C8H15NS/c1-7(2)5-9-8-3-4-10-6-8/h8-9H,1,3-6H2,2H3. The average molecular weight is 157 g/mol. The maximum Gasteiger partial charge on any atom is 0.0169 e. The highest BCUT2D eigenvalue weighted by atomic mass is 32.2. The fourth-order valence-corrected chi connectivity index (χ4v) is 2.20. The van der Waals surface area contributed by atoms with Gasteiger partial charge in [0.15, 0.2) is 0 Å². The molecule has 0 aromatic rings. The van der Waals surface area contributed by atoms with Gasteiger partial charge >= 0.3 is 0 Å². The molecule has 1 heterocycles. The molecule has 1 saturated heterocycles. The van der Waals surface area contributed by atoms with Crippen LogP contribution in [0.15, 0.2) is 12.2 Å². The molecule has 0 saturated carbocycles. The van der Waals surface area contributed by atoms with Crippen LogP contribution in [0.3, 0.4) is 0 Å². The maximum absolute atomic E-state index is 3.85. The third kappa shape index (κ3) is 2.76. The van der Waals surface area contributed by atoms with E-state index in [4.69, 9.17) is 0 Å². The normalized spacial score (nSPS) is 25.1. The second kappa shape index (κ2) is 4.04. The smallest absolute Gasteiger partial charge is 0.0169 e. The van der Waals surface area contributed by atoms with Crippen molar-refractivity contribution in [2.45, 2.75) is 19.4 Å². The van der Waals surface area contributed by atoms with Gasteiger partial charge in [-0.1, -0.05) is 12.2 Å². The SMILES string of the molecule is C=C(C)CNC1CCSC1. The second-order valence-corrected chi connectivity index (χ2v) is 4.05. The lowest BCUT2D eigenvalue weighted by Gasteiger charge is -2.09. The summed E-state index contributed by atoms with van der Waals surface area (Å²) in [7, 11) is 0. The molecule has 2 heteroatoms. The van der Waals surface area contributed by atoms with Crippen molar-refractivity contribution in [1.29, 1.82) is 0 Å². The van der Waals surface area contributed by atoms with Gasteiger partial charge in [0.25, 0.3) is 0 Å². The van der Waals surface area contributed by atoms with E-state index < -0.39 is 0 Å². The first-order chi connectivity index (χ1) is 4.79. The first-order valence-electron chi connectivity index (χ1n) is 3.74. The highest BCUT2D eigenvalue weighted by Gasteiger charge is 2.13. The summed E-state index contributed by atoms with van der Waals surface area (Å²) in [5.74, 6) is 2.61. The third-order valence-corrected chi connectivity index (χ3v) is 2.78. The minimum Gasteiger partial charge on any atom is -0.309 e. The highest BCUT2D eigenvalue weighted by Crippen LogP contribution is 2.16. The number of thioether (sulfide) groups is 1. The molecule has 1 aliphatic rings. The summed E-state index contributed by atoms with van der Waals surface area (Å²) in [6, 6.07) is 0.752. The van der Waals surface area contributed by atoms with Crippen molar-refractivity contribution in [3.8, 4) is 0 Å². The van der Waals surface area contributed by atoms with Crippen LogP contribution < -0.4 is 5.32 Å². The minimum atomic E-state index is 0.752. The number of hydrogen-bond acceptors (Lipinski definition) is 2. The summed E-state index contributed by atoms with van der Waals surface area (Å²) >= 11 is 2.04. The van der Waals surface area contributed by atoms with Crippen molar-refractivity contribution >= 4 is 11.8 Å². The molecule has 1 atom stereocenters. The van der Waals surface area contributed by atoms with Gasteiger partial charge in [-0.25, -0.2) is 0 Å². The molecule has 10 heavy (non-hydrogen) atoms. The van der Waals surface area contributed by atoms with E-state index in [0.717, 1.165) is 12.6 Å². The van der Waals surface area contributed by atoms with Gasteiger partial charge < -0.3 is 5.32 Å². The second-order valence-electron chi connectivity index (χ2n) is 2.90. The third-order valence-electron chi connectivity index (χ3n) is 1.62. The van der Waals surface area contributed by atoms with Gasteiger partial charge in [-0.15, -0.1) is 0 Å². The van der Waals surface area contributed by atoms with Gasteiger partial charge in [0.1, 0.15) is 0 Å². The molecule has 0 aromatic carbocycles. The molecule has 0 spiro atoms. The van der Waals surface area contributed by atoms with Gasteiger partial charge in [-0.05, 0) is 19.1 Å². The van der Waals surface area contributed by atoms with Gasteiger partial charge in [0.05, 0.1) is 0 Å². The molecule has 0 amide bonds. The molecular weight excluding hydrogens is 142 g/mol. The minimum absolute atomic E-state index is 0.752. The fourth-order valence-electron chi connectivity index (χ4n) is 1.01. The zero-order valence-corrected chi connectivity index (χ0v) is 7.34. The number of hydrogen-bond donors (Lipinski definition) is 1. The Labute approximate surface area is 67.3 Å². The largest absolute Gasteiger partial charge is 0.309 e. The molecule has 0 radical (unpaired) electrons. The van der Waals surface area contributed by atoms with Crippen LogP contribution in [0.1, 0.15) is 13.3 Å². The van der Waals surface area contributed by atoms with E-state index in [0.29, 0.717) is 0 Å². The molecule has 1 fully saturated rings. The van der Waals surface area contributed by atoms with Crippen molar-refractivity contribution in [3.05, 3.63) is 12.2 Å². The van der Waals surface area contributed by atoms with Crippen LogP contribution >= 0.6 is 11.8 Å². The van der Waals surface area contributed by atoms with Gasteiger partial charge in [-0.2, -0.15) is 11.8 Å². The number of nitrogens with one attached hydrogen (secondary N) is 1. The Balaban J connectivity index is 2.07. The van der Waals surface area contributed by atoms with Crippen molar-refractivity contribution in [1.82, 2.24) is 5.32 Å². The van der Waals surface area contributed by atoms with Crippen LogP contribution in [0.25, 0.3) is 0 Å². The van der Waals surface area contributed by atoms with E-state index in [1.54, 1.807) is 0 Å². The fraction of sp³-hybridized carbons (Fsp3) is 0.750. The predicted octanol–water partition coefficient (Wildman–Crippen LogP) is 1.66. The zero-order chi connectivity index (χ0) is 7.40. The summed E-state index contributed by atoms with van der Waals surface area (Å²) in [6.07, 6.45) is 1.33. The Morgan fingerprint density at radius 2 is 2.60 bits per heavy atom. The van der Waals surface area contributed by atoms with Gasteiger partial charge in [0.2, 0.25) is 0 Å². The van der Waals surface area contributed by atoms with Crippen LogP contribution in [0.2, 0.25) is 0 Å². The summed E-state index contributed by atoms with van der Waals surface area (Å²) in [5.41, 5.74) is 1.23. The van der Waals surface area contributed by atoms with Crippen LogP contribution in [-0.4, -0.2) is 24.1 Å². The lowest BCUT2D eigenvalue weighted by atomic mass is 10.2. The first kappa shape index (κ1) is 8.15. The van der Waals surface area contributed by atoms with E-state index in [9.17, 15) is 0 Å². The molecule has 1 unspecified atom stereocenters. The summed E-state index contributed by atoms with van der Waals surface area (Å²) in [5, 5.41) is 3.46. The van der Waals surface area contributed by atoms with Crippen LogP contribution in [-0.2, 0) is 0 Å². The average Bonchev–Trinajstić information content (AvgIpc) is 2.34. The molecule has 1 rings (SSSR count). The zero-order valence-electron chi connectivity index (χ0n) is 6.52. The predicted molar refractivity (Wildman–Crippen MR) is 48.5 cm³/mol. The Bertz CT molecular complexity index is 116. The summed E-state index contributed by atoms with van der Waals surface area (Å²) < 4.78 is 0. The van der Waals surface area contributed by atoms with E-state index in [-0.39, 0.29) is 0 Å². The van der Waals surface area contributed by atoms with E-state index in [1.807, 2.05) is 11.8 Å². The van der Waals surface area contributed by atoms with E-state index >= 15 is 0 Å². The van der Waals surface area contributed by atoms with Crippen molar-refractivity contribution < 1.29 is 0 Å². The Kier molecular flexibility index (Phi) is 3.29. The maximum atomic E-state index is 3.85. The number of rotatable bonds is 3. The van der Waals surface area contributed by atoms with Gasteiger partial charge in [0, 0.05) is 18.3 Å². The topological polar surface area (TPSA) is 12.0 Å². The molecule has 0 aliphatic carbocycles. The van der Waals surface area contributed by atoms with E-state index in [2.05, 4.69) is 18.8 Å². The van der Waals surface area contributed by atoms with Crippen molar-refractivity contribution in [2.75, 3.05) is 18.1 Å². The lowest BCUT2D eigenvalue weighted by molar-refractivity contribution is 0.586. The van der Waals surface area contributed by atoms with Crippen LogP contribution in [0.4, 0.5) is 0 Å². The Morgan fingerprint density at radius 1 is 1.80 bits per heavy atom. The van der Waals surface area contributed by atoms with E-state index in [1.165, 1.54) is 23.5 Å². The molecule has 0 aromatic heterocycles. The highest BCUT2D eigenvalue weighted by molar-refractivity contribution is 7.99. The quantitative estimate of drug-likeness (QED) is 0.625. The molecule has 58 valence electrons. The Morgan fingerprint density at radius 3 is 3.10 bits per heavy atom. The molecular formula is C8H15NS. The van der Waals surface area contributed by atoms with Crippen molar-refractivity contribution in [3.63, 3.8) is 0 Å². The first-order valence-corrected chi connectivity index (χ1v) is 4.90. The van der Waals surface area contributed by atoms with Gasteiger partial charge in [-0.3, -0.25) is 0 Å². The summed E-state index contributed by atoms with van der Waals surface area (Å²) in [6.45, 7) is 6.90. The molecule has 0 bridgehead atoms. The lowest BCUT2D eigenvalue weighted by Crippen LogP contribution is -2.29. The molecule has 1 aliphatic heterocycles. The van der Waals surface area contributed by atoms with Crippen molar-refractivity contribution in [2.24, 2.45) is 0 Å².